The van der Waals surface area contributed by atoms with Crippen molar-refractivity contribution in [2.24, 2.45) is 0 Å². The lowest BCUT2D eigenvalue weighted by Crippen LogP contribution is -2.45. The normalized spacial score (nSPS) is 26.4. The maximum absolute atomic E-state index is 12.5. The molecule has 1 amide bonds. The van der Waals surface area contributed by atoms with Gasteiger partial charge in [-0.3, -0.25) is 14.8 Å². The second-order valence-corrected chi connectivity index (χ2v) is 6.87. The molecule has 2 fully saturated rings. The van der Waals surface area contributed by atoms with Crippen LogP contribution < -0.4 is 5.32 Å². The number of hydrogen-bond acceptors (Lipinski definition) is 5. The highest BCUT2D eigenvalue weighted by molar-refractivity contribution is 5.93. The smallest absolute Gasteiger partial charge is 0.269 e. The molecule has 3 N–H and O–H groups in total. The van der Waals surface area contributed by atoms with Crippen LogP contribution in [-0.4, -0.2) is 64.0 Å². The van der Waals surface area contributed by atoms with Gasteiger partial charge in [0.05, 0.1) is 18.4 Å². The summed E-state index contributed by atoms with van der Waals surface area (Å²) in [5.41, 5.74) is 1.96. The molecule has 132 valence electrons. The van der Waals surface area contributed by atoms with E-state index in [1.165, 1.54) is 0 Å². The molecule has 2 aliphatic rings. The number of aromatic hydroxyl groups is 1. The van der Waals surface area contributed by atoms with Gasteiger partial charge in [0.1, 0.15) is 11.4 Å². The van der Waals surface area contributed by atoms with Crippen molar-refractivity contribution >= 4 is 5.91 Å². The minimum Gasteiger partial charge on any atom is -0.508 e. The van der Waals surface area contributed by atoms with Crippen molar-refractivity contribution in [2.45, 2.75) is 31.5 Å². The van der Waals surface area contributed by atoms with Crippen LogP contribution in [-0.2, 0) is 4.74 Å². The highest BCUT2D eigenvalue weighted by Gasteiger charge is 2.36. The number of fused-ring (bicyclic) bond motifs is 1. The summed E-state index contributed by atoms with van der Waals surface area (Å²) in [6.45, 7) is 4.61. The molecule has 0 aliphatic carbocycles. The van der Waals surface area contributed by atoms with E-state index in [0.717, 1.165) is 31.7 Å². The van der Waals surface area contributed by atoms with Gasteiger partial charge in [0.2, 0.25) is 0 Å². The van der Waals surface area contributed by atoms with Crippen LogP contribution in [0.3, 0.4) is 0 Å². The first-order valence-electron chi connectivity index (χ1n) is 8.60. The van der Waals surface area contributed by atoms with Gasteiger partial charge < -0.3 is 15.2 Å². The quantitative estimate of drug-likeness (QED) is 0.784. The fraction of sp³-hybridized carbons (Fsp3) is 0.444. The molecule has 3 atom stereocenters. The van der Waals surface area contributed by atoms with E-state index in [9.17, 15) is 9.90 Å². The van der Waals surface area contributed by atoms with Gasteiger partial charge in [-0.2, -0.15) is 5.10 Å². The number of amides is 1. The third-order valence-electron chi connectivity index (χ3n) is 4.91. The third-order valence-corrected chi connectivity index (χ3v) is 4.91. The molecule has 0 radical (unpaired) electrons. The van der Waals surface area contributed by atoms with Gasteiger partial charge in [0, 0.05) is 30.7 Å². The topological polar surface area (TPSA) is 90.5 Å². The molecule has 0 bridgehead atoms. The Hall–Kier alpha value is -2.38. The summed E-state index contributed by atoms with van der Waals surface area (Å²) in [6.07, 6.45) is 1.17. The Labute approximate surface area is 146 Å². The summed E-state index contributed by atoms with van der Waals surface area (Å²) in [5, 5.41) is 19.4. The van der Waals surface area contributed by atoms with Crippen LogP contribution in [0.4, 0.5) is 0 Å². The summed E-state index contributed by atoms with van der Waals surface area (Å²) in [4.78, 5) is 14.9. The van der Waals surface area contributed by atoms with Gasteiger partial charge in [0.25, 0.3) is 5.91 Å². The molecule has 7 heteroatoms. The Balaban J connectivity index is 1.40. The third kappa shape index (κ3) is 3.38. The maximum atomic E-state index is 12.5. The molecule has 1 aromatic carbocycles. The van der Waals surface area contributed by atoms with E-state index < -0.39 is 0 Å². The molecule has 1 aromatic heterocycles. The number of phenolic OH excluding ortho intramolecular Hbond substituents is 1. The maximum Gasteiger partial charge on any atom is 0.269 e. The molecule has 2 aromatic rings. The predicted molar refractivity (Wildman–Crippen MR) is 92.3 cm³/mol. The fourth-order valence-corrected chi connectivity index (χ4v) is 3.63. The summed E-state index contributed by atoms with van der Waals surface area (Å²) >= 11 is 0. The zero-order chi connectivity index (χ0) is 17.4. The number of H-pyrrole nitrogens is 1. The van der Waals surface area contributed by atoms with E-state index in [2.05, 4.69) is 27.3 Å². The van der Waals surface area contributed by atoms with Crippen molar-refractivity contribution in [1.29, 1.82) is 0 Å². The predicted octanol–water partition coefficient (Wildman–Crippen LogP) is 1.37. The first-order valence-corrected chi connectivity index (χ1v) is 8.60. The van der Waals surface area contributed by atoms with Gasteiger partial charge in [-0.25, -0.2) is 0 Å². The van der Waals surface area contributed by atoms with E-state index >= 15 is 0 Å². The molecule has 2 aliphatic heterocycles. The highest BCUT2D eigenvalue weighted by Crippen LogP contribution is 2.24. The first kappa shape index (κ1) is 16.1. The Morgan fingerprint density at radius 2 is 2.16 bits per heavy atom. The van der Waals surface area contributed by atoms with Crippen LogP contribution >= 0.6 is 0 Å². The molecule has 2 saturated heterocycles. The number of benzene rings is 1. The molecular formula is C18H22N4O3. The van der Waals surface area contributed by atoms with Crippen LogP contribution in [0.25, 0.3) is 11.3 Å². The fourth-order valence-electron chi connectivity index (χ4n) is 3.63. The SMILES string of the molecule is C[C@H]1CN2C[C@@H](NC(=O)c3cc(-c4ccc(O)cc4)n[nH]3)C[C@H]2CO1. The number of carbonyl (C=O) groups is 1. The molecule has 0 unspecified atom stereocenters. The van der Waals surface area contributed by atoms with Crippen molar-refractivity contribution < 1.29 is 14.6 Å². The van der Waals surface area contributed by atoms with E-state index in [1.807, 2.05) is 0 Å². The number of nitrogens with zero attached hydrogens (tertiary/aromatic N) is 2. The number of hydrogen-bond donors (Lipinski definition) is 3. The number of nitrogens with one attached hydrogen (secondary N) is 2. The Morgan fingerprint density at radius 1 is 1.36 bits per heavy atom. The monoisotopic (exact) mass is 342 g/mol. The van der Waals surface area contributed by atoms with Gasteiger partial charge in [-0.1, -0.05) is 0 Å². The lowest BCUT2D eigenvalue weighted by atomic mass is 10.1. The summed E-state index contributed by atoms with van der Waals surface area (Å²) in [7, 11) is 0. The summed E-state index contributed by atoms with van der Waals surface area (Å²) in [5.74, 6) is 0.0598. The first-order chi connectivity index (χ1) is 12.1. The van der Waals surface area contributed by atoms with Gasteiger partial charge in [-0.05, 0) is 43.7 Å². The largest absolute Gasteiger partial charge is 0.508 e. The number of rotatable bonds is 3. The number of ether oxygens (including phenoxy) is 1. The van der Waals surface area contributed by atoms with Crippen molar-refractivity contribution in [3.8, 4) is 17.0 Å². The lowest BCUT2D eigenvalue weighted by molar-refractivity contribution is -0.0390. The number of phenols is 1. The van der Waals surface area contributed by atoms with Crippen LogP contribution in [0.5, 0.6) is 5.75 Å². The van der Waals surface area contributed by atoms with E-state index in [-0.39, 0.29) is 23.8 Å². The standard InChI is InChI=1S/C18H22N4O3/c1-11-8-22-9-13(6-14(22)10-25-11)19-18(24)17-7-16(20-21-17)12-2-4-15(23)5-3-12/h2-5,7,11,13-14,23H,6,8-10H2,1H3,(H,19,24)(H,20,21)/t11-,13-,14-/m0/s1. The minimum atomic E-state index is -0.142. The van der Waals surface area contributed by atoms with Crippen LogP contribution in [0.15, 0.2) is 30.3 Å². The minimum absolute atomic E-state index is 0.131. The van der Waals surface area contributed by atoms with E-state index in [1.54, 1.807) is 30.3 Å². The molecule has 3 heterocycles. The second-order valence-electron chi connectivity index (χ2n) is 6.87. The average molecular weight is 342 g/mol. The Bertz CT molecular complexity index is 758. The second kappa shape index (κ2) is 6.50. The molecule has 0 saturated carbocycles. The van der Waals surface area contributed by atoms with Crippen molar-refractivity contribution in [1.82, 2.24) is 20.4 Å². The number of carbonyl (C=O) groups excluding carboxylic acids is 1. The summed E-state index contributed by atoms with van der Waals surface area (Å²) in [6, 6.07) is 8.99. The Morgan fingerprint density at radius 3 is 2.96 bits per heavy atom. The summed E-state index contributed by atoms with van der Waals surface area (Å²) < 4.78 is 5.70. The van der Waals surface area contributed by atoms with Crippen molar-refractivity contribution in [2.75, 3.05) is 19.7 Å². The van der Waals surface area contributed by atoms with Crippen LogP contribution in [0, 0.1) is 0 Å². The number of aromatic amines is 1. The van der Waals surface area contributed by atoms with Crippen LogP contribution in [0.1, 0.15) is 23.8 Å². The molecule has 0 spiro atoms. The van der Waals surface area contributed by atoms with Gasteiger partial charge in [0.15, 0.2) is 0 Å². The molecule has 4 rings (SSSR count). The lowest BCUT2D eigenvalue weighted by Gasteiger charge is -2.33. The molecule has 25 heavy (non-hydrogen) atoms. The van der Waals surface area contributed by atoms with E-state index in [4.69, 9.17) is 4.74 Å². The molecule has 7 nitrogen and oxygen atoms in total. The number of aromatic nitrogens is 2. The Kier molecular flexibility index (Phi) is 4.19. The van der Waals surface area contributed by atoms with Gasteiger partial charge in [-0.15, -0.1) is 0 Å². The highest BCUT2D eigenvalue weighted by atomic mass is 16.5. The zero-order valence-corrected chi connectivity index (χ0v) is 14.1. The van der Waals surface area contributed by atoms with Crippen LogP contribution in [0.2, 0.25) is 0 Å². The van der Waals surface area contributed by atoms with Crippen molar-refractivity contribution in [3.63, 3.8) is 0 Å². The van der Waals surface area contributed by atoms with E-state index in [0.29, 0.717) is 17.4 Å². The van der Waals surface area contributed by atoms with Crippen molar-refractivity contribution in [3.05, 3.63) is 36.0 Å². The van der Waals surface area contributed by atoms with Gasteiger partial charge >= 0.3 is 0 Å². The zero-order valence-electron chi connectivity index (χ0n) is 14.1. The molecular weight excluding hydrogens is 320 g/mol. The number of morpholine rings is 1. The average Bonchev–Trinajstić information content (AvgIpc) is 3.21.